The third-order valence-electron chi connectivity index (χ3n) is 6.72. The summed E-state index contributed by atoms with van der Waals surface area (Å²) in [7, 11) is 0. The van der Waals surface area contributed by atoms with Crippen LogP contribution in [-0.2, 0) is 4.74 Å². The standard InChI is InChI=1S/C27H32N4O2S2/c1-3-19(28)20(4-2)30-17-10-11-23-25(15-17)34-24-9-5-7-18(26(24)35-23)22-16-31(13-14-33-22)21-8-6-12-29-27(21)32/h5-12,15,19-20,22,30H,3-4,13-14,16,28H2,1-2H3,(H,29,32)/t19-,20?,22?/m0/s1. The Morgan fingerprint density at radius 3 is 2.80 bits per heavy atom. The van der Waals surface area contributed by atoms with E-state index in [0.717, 1.165) is 18.5 Å². The minimum Gasteiger partial charge on any atom is -0.381 e. The number of nitrogens with zero attached hydrogens (tertiary/aromatic N) is 1. The molecule has 8 heteroatoms. The van der Waals surface area contributed by atoms with Gasteiger partial charge in [-0.25, -0.2) is 0 Å². The number of aromatic amines is 1. The van der Waals surface area contributed by atoms with Gasteiger partial charge in [-0.15, -0.1) is 0 Å². The molecule has 0 radical (unpaired) electrons. The monoisotopic (exact) mass is 508 g/mol. The largest absolute Gasteiger partial charge is 0.381 e. The van der Waals surface area contributed by atoms with Crippen LogP contribution < -0.4 is 21.5 Å². The van der Waals surface area contributed by atoms with E-state index < -0.39 is 0 Å². The zero-order valence-corrected chi connectivity index (χ0v) is 21.8. The lowest BCUT2D eigenvalue weighted by atomic mass is 10.0. The van der Waals surface area contributed by atoms with Gasteiger partial charge in [-0.2, -0.15) is 0 Å². The summed E-state index contributed by atoms with van der Waals surface area (Å²) in [6.07, 6.45) is 3.53. The SMILES string of the molecule is CCC(Nc1ccc2c(c1)Sc1cccc(C3CN(c4ccc[nH]c4=O)CCO3)c1S2)[C@@H](N)CC. The lowest BCUT2D eigenvalue weighted by Gasteiger charge is -2.35. The van der Waals surface area contributed by atoms with E-state index in [1.165, 1.54) is 25.1 Å². The van der Waals surface area contributed by atoms with Crippen LogP contribution in [0.25, 0.3) is 0 Å². The number of hydrogen-bond donors (Lipinski definition) is 3. The van der Waals surface area contributed by atoms with Crippen LogP contribution in [0.1, 0.15) is 38.4 Å². The number of pyridine rings is 1. The Labute approximate surface area is 215 Å². The van der Waals surface area contributed by atoms with E-state index in [1.54, 1.807) is 6.20 Å². The van der Waals surface area contributed by atoms with Gasteiger partial charge >= 0.3 is 0 Å². The molecule has 3 heterocycles. The van der Waals surface area contributed by atoms with Gasteiger partial charge in [0.15, 0.2) is 0 Å². The molecular formula is C27H32N4O2S2. The Hall–Kier alpha value is -2.39. The highest BCUT2D eigenvalue weighted by Gasteiger charge is 2.29. The molecular weight excluding hydrogens is 476 g/mol. The first-order chi connectivity index (χ1) is 17.1. The molecule has 0 amide bonds. The fourth-order valence-electron chi connectivity index (χ4n) is 4.69. The topological polar surface area (TPSA) is 83.4 Å². The number of nitrogens with one attached hydrogen (secondary N) is 2. The van der Waals surface area contributed by atoms with Gasteiger partial charge in [0.2, 0.25) is 0 Å². The van der Waals surface area contributed by atoms with E-state index in [9.17, 15) is 4.79 Å². The molecule has 2 aromatic carbocycles. The summed E-state index contributed by atoms with van der Waals surface area (Å²) in [4.78, 5) is 22.3. The molecule has 2 unspecified atom stereocenters. The van der Waals surface area contributed by atoms with Crippen LogP contribution in [0.4, 0.5) is 11.4 Å². The summed E-state index contributed by atoms with van der Waals surface area (Å²) >= 11 is 3.61. The van der Waals surface area contributed by atoms with Crippen molar-refractivity contribution in [2.24, 2.45) is 5.73 Å². The Balaban J connectivity index is 1.37. The molecule has 3 aromatic rings. The van der Waals surface area contributed by atoms with Crippen LogP contribution in [0.3, 0.4) is 0 Å². The van der Waals surface area contributed by atoms with Crippen molar-refractivity contribution in [3.63, 3.8) is 0 Å². The van der Waals surface area contributed by atoms with Crippen LogP contribution in [0, 0.1) is 0 Å². The first kappa shape index (κ1) is 24.3. The average molecular weight is 509 g/mol. The number of nitrogens with two attached hydrogens (primary N) is 1. The number of benzene rings is 2. The van der Waals surface area contributed by atoms with E-state index in [0.29, 0.717) is 25.4 Å². The summed E-state index contributed by atoms with van der Waals surface area (Å²) in [5.74, 6) is 0. The molecule has 2 aliphatic rings. The second kappa shape index (κ2) is 10.7. The van der Waals surface area contributed by atoms with E-state index in [1.807, 2.05) is 35.7 Å². The van der Waals surface area contributed by atoms with Crippen LogP contribution in [0.2, 0.25) is 0 Å². The maximum Gasteiger partial charge on any atom is 0.271 e. The first-order valence-corrected chi connectivity index (χ1v) is 13.9. The molecule has 0 aliphatic carbocycles. The third kappa shape index (κ3) is 5.11. The van der Waals surface area contributed by atoms with Gasteiger partial charge in [-0.1, -0.05) is 49.5 Å². The molecule has 0 spiro atoms. The minimum absolute atomic E-state index is 0.0586. The molecule has 1 fully saturated rings. The molecule has 4 N–H and O–H groups in total. The van der Waals surface area contributed by atoms with Gasteiger partial charge in [0, 0.05) is 56.6 Å². The Morgan fingerprint density at radius 2 is 2.00 bits per heavy atom. The van der Waals surface area contributed by atoms with Crippen molar-refractivity contribution in [2.45, 2.75) is 64.5 Å². The highest BCUT2D eigenvalue weighted by molar-refractivity contribution is 8.05. The van der Waals surface area contributed by atoms with Crippen LogP contribution in [-0.4, -0.2) is 36.8 Å². The molecule has 0 bridgehead atoms. The molecule has 5 rings (SSSR count). The summed E-state index contributed by atoms with van der Waals surface area (Å²) in [6, 6.07) is 17.2. The molecule has 1 aromatic heterocycles. The average Bonchev–Trinajstić information content (AvgIpc) is 2.90. The summed E-state index contributed by atoms with van der Waals surface area (Å²) in [5.41, 5.74) is 9.26. The van der Waals surface area contributed by atoms with Gasteiger partial charge in [0.1, 0.15) is 11.8 Å². The number of morpholine rings is 1. The molecule has 35 heavy (non-hydrogen) atoms. The third-order valence-corrected chi connectivity index (χ3v) is 9.33. The molecule has 2 aliphatic heterocycles. The molecule has 184 valence electrons. The van der Waals surface area contributed by atoms with Crippen molar-refractivity contribution in [1.29, 1.82) is 0 Å². The van der Waals surface area contributed by atoms with Crippen molar-refractivity contribution in [3.8, 4) is 0 Å². The lowest BCUT2D eigenvalue weighted by Crippen LogP contribution is -2.41. The predicted octanol–water partition coefficient (Wildman–Crippen LogP) is 5.50. The van der Waals surface area contributed by atoms with Crippen LogP contribution in [0.5, 0.6) is 0 Å². The lowest BCUT2D eigenvalue weighted by molar-refractivity contribution is 0.0378. The summed E-state index contributed by atoms with van der Waals surface area (Å²) < 4.78 is 6.22. The van der Waals surface area contributed by atoms with Crippen LogP contribution >= 0.6 is 23.5 Å². The van der Waals surface area contributed by atoms with E-state index in [4.69, 9.17) is 10.5 Å². The molecule has 6 nitrogen and oxygen atoms in total. The summed E-state index contributed by atoms with van der Waals surface area (Å²) in [6.45, 7) is 6.26. The van der Waals surface area contributed by atoms with Gasteiger partial charge in [0.05, 0.1) is 6.61 Å². The Bertz CT molecular complexity index is 1250. The van der Waals surface area contributed by atoms with Crippen molar-refractivity contribution >= 4 is 34.9 Å². The number of aromatic nitrogens is 1. The van der Waals surface area contributed by atoms with E-state index in [2.05, 4.69) is 65.4 Å². The highest BCUT2D eigenvalue weighted by Crippen LogP contribution is 2.51. The van der Waals surface area contributed by atoms with Gasteiger partial charge < -0.3 is 25.7 Å². The zero-order chi connectivity index (χ0) is 24.4. The first-order valence-electron chi connectivity index (χ1n) is 12.3. The second-order valence-electron chi connectivity index (χ2n) is 8.96. The number of anilines is 2. The van der Waals surface area contributed by atoms with E-state index in [-0.39, 0.29) is 23.7 Å². The van der Waals surface area contributed by atoms with Gasteiger partial charge in [0.25, 0.3) is 5.56 Å². The Kier molecular flexibility index (Phi) is 7.43. The maximum atomic E-state index is 12.3. The van der Waals surface area contributed by atoms with Crippen molar-refractivity contribution in [1.82, 2.24) is 4.98 Å². The number of fused-ring (bicyclic) bond motifs is 2. The zero-order valence-electron chi connectivity index (χ0n) is 20.1. The normalized spacial score (nSPS) is 18.9. The summed E-state index contributed by atoms with van der Waals surface area (Å²) in [5, 5.41) is 3.64. The number of hydrogen-bond acceptors (Lipinski definition) is 7. The molecule has 3 atom stereocenters. The minimum atomic E-state index is -0.0882. The van der Waals surface area contributed by atoms with E-state index >= 15 is 0 Å². The predicted molar refractivity (Wildman–Crippen MR) is 145 cm³/mol. The number of rotatable bonds is 7. The number of ether oxygens (including phenoxy) is 1. The van der Waals surface area contributed by atoms with Crippen molar-refractivity contribution in [3.05, 3.63) is 70.6 Å². The fraction of sp³-hybridized carbons (Fsp3) is 0.370. The quantitative estimate of drug-likeness (QED) is 0.304. The van der Waals surface area contributed by atoms with Crippen LogP contribution in [0.15, 0.2) is 79.1 Å². The smallest absolute Gasteiger partial charge is 0.271 e. The molecule has 0 saturated carbocycles. The molecule has 1 saturated heterocycles. The van der Waals surface area contributed by atoms with Crippen molar-refractivity contribution < 1.29 is 4.74 Å². The van der Waals surface area contributed by atoms with Gasteiger partial charge in [-0.05, 0) is 54.8 Å². The second-order valence-corrected chi connectivity index (χ2v) is 11.1. The van der Waals surface area contributed by atoms with Gasteiger partial charge in [-0.3, -0.25) is 4.79 Å². The maximum absolute atomic E-state index is 12.3. The Morgan fingerprint density at radius 1 is 1.11 bits per heavy atom. The highest BCUT2D eigenvalue weighted by atomic mass is 32.2. The van der Waals surface area contributed by atoms with Crippen molar-refractivity contribution in [2.75, 3.05) is 29.9 Å². The number of H-pyrrole nitrogens is 1. The fourth-order valence-corrected chi connectivity index (χ4v) is 7.14.